The number of nitrogens with one attached hydrogen (secondary N) is 2. The zero-order valence-electron chi connectivity index (χ0n) is 17.0. The third-order valence-electron chi connectivity index (χ3n) is 5.00. The first-order chi connectivity index (χ1) is 15.6. The van der Waals surface area contributed by atoms with Gasteiger partial charge in [-0.05, 0) is 64.6 Å². The molecule has 0 fully saturated rings. The maximum absolute atomic E-state index is 12.3. The molecule has 0 saturated heterocycles. The molecule has 0 saturated carbocycles. The molecule has 3 aromatic rings. The standard InChI is InChI=1S/C23H20N4O3S2/c24-12-19-18-3-2-17(30-23(29)26-13-15-5-8-25-9-6-15)11-20(18)32-22(19)27-21(28)4-1-16-7-10-31-14-16/h1,4-10,14,17H,2-3,11,13H2,(H,26,29)(H,27,28)/b4-1+. The van der Waals surface area contributed by atoms with E-state index in [4.69, 9.17) is 4.74 Å². The summed E-state index contributed by atoms with van der Waals surface area (Å²) in [6.07, 6.45) is 7.57. The number of fused-ring (bicyclic) bond motifs is 1. The summed E-state index contributed by atoms with van der Waals surface area (Å²) in [5.41, 5.74) is 3.33. The second-order valence-electron chi connectivity index (χ2n) is 7.18. The molecule has 7 nitrogen and oxygen atoms in total. The van der Waals surface area contributed by atoms with Crippen LogP contribution in [-0.4, -0.2) is 23.1 Å². The summed E-state index contributed by atoms with van der Waals surface area (Å²) in [6.45, 7) is 0.367. The number of hydrogen-bond donors (Lipinski definition) is 2. The third-order valence-corrected chi connectivity index (χ3v) is 6.87. The van der Waals surface area contributed by atoms with Crippen LogP contribution in [-0.2, 0) is 28.9 Å². The number of aromatic nitrogens is 1. The van der Waals surface area contributed by atoms with Gasteiger partial charge in [0.05, 0.1) is 5.56 Å². The number of nitriles is 1. The van der Waals surface area contributed by atoms with Crippen LogP contribution in [0.4, 0.5) is 9.80 Å². The van der Waals surface area contributed by atoms with Gasteiger partial charge in [0.2, 0.25) is 5.91 Å². The van der Waals surface area contributed by atoms with Gasteiger partial charge < -0.3 is 15.4 Å². The quantitative estimate of drug-likeness (QED) is 0.522. The SMILES string of the molecule is N#Cc1c(NC(=O)/C=C/c2ccsc2)sc2c1CCC(OC(=O)NCc1ccncc1)C2. The number of amides is 2. The number of alkyl carbamates (subject to hydrolysis) is 1. The number of carbonyl (C=O) groups excluding carboxylic acids is 2. The average molecular weight is 465 g/mol. The number of hydrogen-bond acceptors (Lipinski definition) is 7. The molecule has 1 unspecified atom stereocenters. The van der Waals surface area contributed by atoms with Crippen LogP contribution in [0, 0.1) is 11.3 Å². The van der Waals surface area contributed by atoms with Crippen LogP contribution >= 0.6 is 22.7 Å². The average Bonchev–Trinajstić information content (AvgIpc) is 3.44. The van der Waals surface area contributed by atoms with Crippen molar-refractivity contribution < 1.29 is 14.3 Å². The Morgan fingerprint density at radius 1 is 1.31 bits per heavy atom. The van der Waals surface area contributed by atoms with E-state index in [0.29, 0.717) is 36.4 Å². The summed E-state index contributed by atoms with van der Waals surface area (Å²) in [5, 5.41) is 19.6. The minimum atomic E-state index is -0.473. The molecule has 1 atom stereocenters. The lowest BCUT2D eigenvalue weighted by molar-refractivity contribution is -0.111. The molecule has 0 bridgehead atoms. The van der Waals surface area contributed by atoms with E-state index in [0.717, 1.165) is 21.6 Å². The van der Waals surface area contributed by atoms with E-state index in [9.17, 15) is 14.9 Å². The van der Waals surface area contributed by atoms with E-state index in [2.05, 4.69) is 21.7 Å². The minimum absolute atomic E-state index is 0.271. The largest absolute Gasteiger partial charge is 0.446 e. The summed E-state index contributed by atoms with van der Waals surface area (Å²) < 4.78 is 5.57. The van der Waals surface area contributed by atoms with E-state index in [1.165, 1.54) is 17.4 Å². The van der Waals surface area contributed by atoms with Crippen LogP contribution in [0.1, 0.15) is 33.6 Å². The molecule has 0 spiro atoms. The van der Waals surface area contributed by atoms with Crippen molar-refractivity contribution >= 4 is 45.8 Å². The van der Waals surface area contributed by atoms with Gasteiger partial charge >= 0.3 is 6.09 Å². The molecule has 9 heteroatoms. The first kappa shape index (κ1) is 21.7. The third kappa shape index (κ3) is 5.41. The zero-order chi connectivity index (χ0) is 22.3. The Kier molecular flexibility index (Phi) is 6.94. The van der Waals surface area contributed by atoms with Gasteiger partial charge in [0, 0.05) is 36.3 Å². The lowest BCUT2D eigenvalue weighted by Gasteiger charge is -2.22. The highest BCUT2D eigenvalue weighted by atomic mass is 32.1. The fraction of sp³-hybridized carbons (Fsp3) is 0.217. The summed E-state index contributed by atoms with van der Waals surface area (Å²) in [4.78, 5) is 29.4. The molecule has 32 heavy (non-hydrogen) atoms. The fourth-order valence-corrected chi connectivity index (χ4v) is 5.32. The molecule has 3 heterocycles. The Morgan fingerprint density at radius 3 is 2.91 bits per heavy atom. The van der Waals surface area contributed by atoms with Gasteiger partial charge in [-0.15, -0.1) is 11.3 Å². The number of anilines is 1. The predicted octanol–water partition coefficient (Wildman–Crippen LogP) is 4.51. The van der Waals surface area contributed by atoms with Crippen LogP contribution in [0.2, 0.25) is 0 Å². The first-order valence-corrected chi connectivity index (χ1v) is 11.8. The molecule has 0 radical (unpaired) electrons. The Hall–Kier alpha value is -3.48. The smallest absolute Gasteiger partial charge is 0.407 e. The summed E-state index contributed by atoms with van der Waals surface area (Å²) in [7, 11) is 0. The highest BCUT2D eigenvalue weighted by Gasteiger charge is 2.28. The molecule has 1 aliphatic carbocycles. The van der Waals surface area contributed by atoms with Crippen LogP contribution in [0.25, 0.3) is 6.08 Å². The lowest BCUT2D eigenvalue weighted by atomic mass is 9.94. The van der Waals surface area contributed by atoms with Crippen molar-refractivity contribution in [3.8, 4) is 6.07 Å². The van der Waals surface area contributed by atoms with Gasteiger partial charge in [0.15, 0.2) is 0 Å². The van der Waals surface area contributed by atoms with Gasteiger partial charge in [-0.2, -0.15) is 16.6 Å². The molecule has 2 amide bonds. The van der Waals surface area contributed by atoms with Crippen LogP contribution in [0.15, 0.2) is 47.4 Å². The second-order valence-corrected chi connectivity index (χ2v) is 9.06. The van der Waals surface area contributed by atoms with Crippen molar-refractivity contribution in [3.63, 3.8) is 0 Å². The molecule has 4 rings (SSSR count). The molecule has 0 aromatic carbocycles. The number of ether oxygens (including phenoxy) is 1. The summed E-state index contributed by atoms with van der Waals surface area (Å²) >= 11 is 2.93. The number of carbonyl (C=O) groups is 2. The van der Waals surface area contributed by atoms with Crippen LogP contribution in [0.3, 0.4) is 0 Å². The Labute approximate surface area is 193 Å². The second kappa shape index (κ2) is 10.2. The summed E-state index contributed by atoms with van der Waals surface area (Å²) in [5.74, 6) is -0.283. The number of pyridine rings is 1. The first-order valence-electron chi connectivity index (χ1n) is 10.0. The van der Waals surface area contributed by atoms with Crippen LogP contribution < -0.4 is 10.6 Å². The number of rotatable bonds is 6. The van der Waals surface area contributed by atoms with E-state index in [1.54, 1.807) is 29.8 Å². The molecule has 3 aromatic heterocycles. The minimum Gasteiger partial charge on any atom is -0.446 e. The zero-order valence-corrected chi connectivity index (χ0v) is 18.7. The van der Waals surface area contributed by atoms with Crippen LogP contribution in [0.5, 0.6) is 0 Å². The molecular formula is C23H20N4O3S2. The summed E-state index contributed by atoms with van der Waals surface area (Å²) in [6, 6.07) is 7.80. The molecule has 162 valence electrons. The predicted molar refractivity (Wildman–Crippen MR) is 124 cm³/mol. The number of nitrogens with zero attached hydrogens (tertiary/aromatic N) is 2. The Bertz CT molecular complexity index is 1160. The van der Waals surface area contributed by atoms with Gasteiger partial charge in [-0.1, -0.05) is 0 Å². The Balaban J connectivity index is 1.36. The van der Waals surface area contributed by atoms with Gasteiger partial charge in [0.25, 0.3) is 0 Å². The topological polar surface area (TPSA) is 104 Å². The molecular weight excluding hydrogens is 444 g/mol. The highest BCUT2D eigenvalue weighted by Crippen LogP contribution is 2.38. The Morgan fingerprint density at radius 2 is 2.16 bits per heavy atom. The van der Waals surface area contributed by atoms with E-state index >= 15 is 0 Å². The molecule has 2 N–H and O–H groups in total. The van der Waals surface area contributed by atoms with Crippen molar-refractivity contribution in [3.05, 3.63) is 74.6 Å². The van der Waals surface area contributed by atoms with Gasteiger partial charge in [-0.25, -0.2) is 4.79 Å². The van der Waals surface area contributed by atoms with Gasteiger partial charge in [0.1, 0.15) is 17.2 Å². The fourth-order valence-electron chi connectivity index (χ4n) is 3.43. The normalized spacial score (nSPS) is 15.0. The van der Waals surface area contributed by atoms with E-state index in [-0.39, 0.29) is 12.0 Å². The molecule has 1 aliphatic rings. The highest BCUT2D eigenvalue weighted by molar-refractivity contribution is 7.16. The van der Waals surface area contributed by atoms with Crippen molar-refractivity contribution in [2.75, 3.05) is 5.32 Å². The van der Waals surface area contributed by atoms with Crippen molar-refractivity contribution in [1.29, 1.82) is 5.26 Å². The van der Waals surface area contributed by atoms with Crippen molar-refractivity contribution in [2.45, 2.75) is 31.9 Å². The van der Waals surface area contributed by atoms with E-state index < -0.39 is 6.09 Å². The maximum atomic E-state index is 12.3. The monoisotopic (exact) mass is 464 g/mol. The van der Waals surface area contributed by atoms with E-state index in [1.807, 2.05) is 29.0 Å². The molecule has 0 aliphatic heterocycles. The van der Waals surface area contributed by atoms with Crippen molar-refractivity contribution in [2.24, 2.45) is 0 Å². The van der Waals surface area contributed by atoms with Gasteiger partial charge in [-0.3, -0.25) is 9.78 Å². The number of thiophene rings is 2. The lowest BCUT2D eigenvalue weighted by Crippen LogP contribution is -2.31. The maximum Gasteiger partial charge on any atom is 0.407 e. The van der Waals surface area contributed by atoms with Crippen molar-refractivity contribution in [1.82, 2.24) is 10.3 Å².